The quantitative estimate of drug-likeness (QED) is 0.177. The zero-order chi connectivity index (χ0) is 33.9. The summed E-state index contributed by atoms with van der Waals surface area (Å²) in [5.74, 6) is -2.69. The number of benzene rings is 4. The smallest absolute Gasteiger partial charge is 0.306 e. The fraction of sp³-hybridized carbons (Fsp3) is 0.200. The van der Waals surface area contributed by atoms with Crippen LogP contribution in [0.4, 0.5) is 4.39 Å². The molecule has 4 rings (SSSR count). The van der Waals surface area contributed by atoms with Crippen molar-refractivity contribution in [2.45, 2.75) is 6.61 Å². The van der Waals surface area contributed by atoms with E-state index in [1.165, 1.54) is 42.5 Å². The lowest BCUT2D eigenvalue weighted by atomic mass is 9.95. The van der Waals surface area contributed by atoms with Gasteiger partial charge in [-0.3, -0.25) is 0 Å². The summed E-state index contributed by atoms with van der Waals surface area (Å²) in [6, 6.07) is 18.1. The Labute approximate surface area is 266 Å². The van der Waals surface area contributed by atoms with E-state index < -0.39 is 47.7 Å². The summed E-state index contributed by atoms with van der Waals surface area (Å²) in [6.45, 7) is 0.0528. The molecule has 46 heavy (non-hydrogen) atoms. The Hall–Kier alpha value is -4.54. The standard InChI is InChI=1S/C30H29FO12S3/c1-38-28-26(21-13-16-23(24(17-21)42-45(4,34)35)40-18-19-9-7-6-8-10-19)30(43-46(5,36)37)29(39-2)25(27(28)31)20-11-14-22(15-12-20)41-44(3,32)33/h6-17H,18H2,1-5H3. The van der Waals surface area contributed by atoms with Crippen LogP contribution in [0.1, 0.15) is 5.56 Å². The number of ether oxygens (including phenoxy) is 3. The molecule has 0 atom stereocenters. The number of rotatable bonds is 13. The van der Waals surface area contributed by atoms with Gasteiger partial charge in [0.1, 0.15) is 12.4 Å². The average Bonchev–Trinajstić information content (AvgIpc) is 2.95. The lowest BCUT2D eigenvalue weighted by molar-refractivity contribution is 0.296. The second-order valence-electron chi connectivity index (χ2n) is 9.78. The van der Waals surface area contributed by atoms with Gasteiger partial charge in [-0.25, -0.2) is 4.39 Å². The normalized spacial score (nSPS) is 11.9. The van der Waals surface area contributed by atoms with Gasteiger partial charge in [0.15, 0.2) is 34.6 Å². The van der Waals surface area contributed by atoms with Crippen molar-refractivity contribution in [2.24, 2.45) is 0 Å². The van der Waals surface area contributed by atoms with Gasteiger partial charge in [0, 0.05) is 0 Å². The number of hydrogen-bond donors (Lipinski definition) is 0. The minimum absolute atomic E-state index is 0.0156. The molecule has 0 aromatic heterocycles. The summed E-state index contributed by atoms with van der Waals surface area (Å²) in [6.07, 6.45) is 2.45. The molecule has 0 bridgehead atoms. The predicted octanol–water partition coefficient (Wildman–Crippen LogP) is 4.77. The van der Waals surface area contributed by atoms with Crippen molar-refractivity contribution < 1.29 is 56.4 Å². The monoisotopic (exact) mass is 696 g/mol. The maximum absolute atomic E-state index is 16.4. The first-order chi connectivity index (χ1) is 21.5. The minimum Gasteiger partial charge on any atom is -0.493 e. The first-order valence-electron chi connectivity index (χ1n) is 13.1. The Bertz CT molecular complexity index is 2060. The Kier molecular flexibility index (Phi) is 10.0. The minimum atomic E-state index is -4.29. The van der Waals surface area contributed by atoms with Crippen molar-refractivity contribution in [2.75, 3.05) is 33.0 Å². The molecular formula is C30H29FO12S3. The second-order valence-corrected chi connectivity index (χ2v) is 14.5. The van der Waals surface area contributed by atoms with Crippen molar-refractivity contribution >= 4 is 30.4 Å². The molecule has 12 nitrogen and oxygen atoms in total. The number of halogens is 1. The summed E-state index contributed by atoms with van der Waals surface area (Å²) in [7, 11) is -9.94. The summed E-state index contributed by atoms with van der Waals surface area (Å²) < 4.78 is 121. The van der Waals surface area contributed by atoms with Gasteiger partial charge < -0.3 is 26.8 Å². The molecule has 246 valence electrons. The molecule has 0 aliphatic rings. The molecule has 4 aromatic rings. The van der Waals surface area contributed by atoms with Crippen LogP contribution in [0.2, 0.25) is 0 Å². The Balaban J connectivity index is 1.96. The van der Waals surface area contributed by atoms with E-state index in [0.29, 0.717) is 0 Å². The highest BCUT2D eigenvalue weighted by Crippen LogP contribution is 2.53. The highest BCUT2D eigenvalue weighted by Gasteiger charge is 2.32. The van der Waals surface area contributed by atoms with E-state index in [9.17, 15) is 25.3 Å². The zero-order valence-corrected chi connectivity index (χ0v) is 27.6. The van der Waals surface area contributed by atoms with Gasteiger partial charge in [-0.05, 0) is 41.0 Å². The third-order valence-electron chi connectivity index (χ3n) is 6.05. The van der Waals surface area contributed by atoms with E-state index in [-0.39, 0.29) is 51.9 Å². The molecule has 0 spiro atoms. The lowest BCUT2D eigenvalue weighted by Gasteiger charge is -2.22. The fourth-order valence-corrected chi connectivity index (χ4v) is 5.77. The lowest BCUT2D eigenvalue weighted by Crippen LogP contribution is -2.11. The zero-order valence-electron chi connectivity index (χ0n) is 25.1. The largest absolute Gasteiger partial charge is 0.493 e. The molecule has 0 N–H and O–H groups in total. The average molecular weight is 697 g/mol. The van der Waals surface area contributed by atoms with Crippen LogP contribution in [0.15, 0.2) is 72.8 Å². The van der Waals surface area contributed by atoms with Crippen LogP contribution in [0.25, 0.3) is 22.3 Å². The SMILES string of the molecule is COc1c(OS(C)(=O)=O)c(-c2ccc(OCc3ccccc3)c(OS(C)(=O)=O)c2)c(OC)c(F)c1-c1ccc(OS(C)(=O)=O)cc1. The topological polar surface area (TPSA) is 158 Å². The van der Waals surface area contributed by atoms with Crippen LogP contribution in [0.3, 0.4) is 0 Å². The van der Waals surface area contributed by atoms with E-state index in [1.54, 1.807) is 24.3 Å². The van der Waals surface area contributed by atoms with E-state index in [2.05, 4.69) is 0 Å². The molecular weight excluding hydrogens is 668 g/mol. The molecule has 0 aliphatic heterocycles. The van der Waals surface area contributed by atoms with Crippen LogP contribution in [-0.2, 0) is 37.0 Å². The van der Waals surface area contributed by atoms with Crippen LogP contribution >= 0.6 is 0 Å². The van der Waals surface area contributed by atoms with Gasteiger partial charge in [0.2, 0.25) is 0 Å². The molecule has 0 saturated heterocycles. The summed E-state index contributed by atoms with van der Waals surface area (Å²) in [5, 5.41) is 0. The van der Waals surface area contributed by atoms with Gasteiger partial charge >= 0.3 is 30.4 Å². The van der Waals surface area contributed by atoms with Crippen LogP contribution in [0.5, 0.6) is 34.5 Å². The molecule has 0 saturated carbocycles. The summed E-state index contributed by atoms with van der Waals surface area (Å²) >= 11 is 0. The first kappa shape index (κ1) is 34.3. The Morgan fingerprint density at radius 3 is 1.70 bits per heavy atom. The molecule has 0 amide bonds. The third kappa shape index (κ3) is 8.58. The first-order valence-corrected chi connectivity index (χ1v) is 18.5. The van der Waals surface area contributed by atoms with Gasteiger partial charge in [-0.2, -0.15) is 25.3 Å². The van der Waals surface area contributed by atoms with E-state index in [1.807, 2.05) is 6.07 Å². The maximum Gasteiger partial charge on any atom is 0.306 e. The Morgan fingerprint density at radius 2 is 1.15 bits per heavy atom. The van der Waals surface area contributed by atoms with E-state index in [0.717, 1.165) is 38.6 Å². The Morgan fingerprint density at radius 1 is 0.587 bits per heavy atom. The molecule has 0 unspecified atom stereocenters. The highest BCUT2D eigenvalue weighted by atomic mass is 32.2. The molecule has 0 aliphatic carbocycles. The molecule has 16 heteroatoms. The van der Waals surface area contributed by atoms with Crippen molar-refractivity contribution in [3.05, 3.63) is 84.2 Å². The fourth-order valence-electron chi connectivity index (χ4n) is 4.39. The molecule has 0 heterocycles. The predicted molar refractivity (Wildman–Crippen MR) is 168 cm³/mol. The molecule has 4 aromatic carbocycles. The van der Waals surface area contributed by atoms with E-state index >= 15 is 4.39 Å². The maximum atomic E-state index is 16.4. The molecule has 0 radical (unpaired) electrons. The highest BCUT2D eigenvalue weighted by molar-refractivity contribution is 7.86. The number of hydrogen-bond acceptors (Lipinski definition) is 12. The van der Waals surface area contributed by atoms with Crippen molar-refractivity contribution in [3.63, 3.8) is 0 Å². The van der Waals surface area contributed by atoms with Crippen LogP contribution in [0, 0.1) is 5.82 Å². The number of methoxy groups -OCH3 is 2. The van der Waals surface area contributed by atoms with Crippen molar-refractivity contribution in [1.82, 2.24) is 0 Å². The summed E-state index contributed by atoms with van der Waals surface area (Å²) in [5.41, 5.74) is 0.366. The van der Waals surface area contributed by atoms with E-state index in [4.69, 9.17) is 26.8 Å². The van der Waals surface area contributed by atoms with Gasteiger partial charge in [-0.1, -0.05) is 48.5 Å². The van der Waals surface area contributed by atoms with Crippen LogP contribution < -0.4 is 26.8 Å². The second kappa shape index (κ2) is 13.4. The van der Waals surface area contributed by atoms with Gasteiger partial charge in [0.05, 0.1) is 44.1 Å². The van der Waals surface area contributed by atoms with Gasteiger partial charge in [0.25, 0.3) is 0 Å². The molecule has 0 fully saturated rings. The van der Waals surface area contributed by atoms with Crippen molar-refractivity contribution in [1.29, 1.82) is 0 Å². The van der Waals surface area contributed by atoms with Crippen molar-refractivity contribution in [3.8, 4) is 56.8 Å². The summed E-state index contributed by atoms with van der Waals surface area (Å²) in [4.78, 5) is 0. The van der Waals surface area contributed by atoms with Gasteiger partial charge in [-0.15, -0.1) is 0 Å². The van der Waals surface area contributed by atoms with Crippen LogP contribution in [-0.4, -0.2) is 58.2 Å². The third-order valence-corrected chi connectivity index (χ3v) is 7.50.